The van der Waals surface area contributed by atoms with Gasteiger partial charge in [-0.3, -0.25) is 0 Å². The van der Waals surface area contributed by atoms with Gasteiger partial charge >= 0.3 is 0 Å². The van der Waals surface area contributed by atoms with Crippen LogP contribution in [0.1, 0.15) is 32.3 Å². The maximum atomic E-state index is 13.4. The van der Waals surface area contributed by atoms with Gasteiger partial charge in [0.25, 0.3) is 0 Å². The topological polar surface area (TPSA) is 27.0 Å². The van der Waals surface area contributed by atoms with Gasteiger partial charge in [0.05, 0.1) is 5.69 Å². The first-order valence-electron chi connectivity index (χ1n) is 5.68. The van der Waals surface area contributed by atoms with Crippen molar-refractivity contribution in [3.05, 3.63) is 29.6 Å². The van der Waals surface area contributed by atoms with E-state index in [1.807, 2.05) is 12.1 Å². The molecular formula is C13H17FN2. The SMILES string of the molecule is CCCN(CCC)c1cccc(F)c1C#N. The molecule has 0 unspecified atom stereocenters. The fraction of sp³-hybridized carbons (Fsp3) is 0.462. The van der Waals surface area contributed by atoms with Crippen LogP contribution in [0, 0.1) is 17.1 Å². The summed E-state index contributed by atoms with van der Waals surface area (Å²) >= 11 is 0. The Morgan fingerprint density at radius 2 is 1.88 bits per heavy atom. The summed E-state index contributed by atoms with van der Waals surface area (Å²) in [6.45, 7) is 5.86. The second-order valence-corrected chi connectivity index (χ2v) is 3.73. The molecule has 0 amide bonds. The van der Waals surface area contributed by atoms with Crippen molar-refractivity contribution in [1.29, 1.82) is 5.26 Å². The van der Waals surface area contributed by atoms with Gasteiger partial charge in [0.2, 0.25) is 0 Å². The summed E-state index contributed by atoms with van der Waals surface area (Å²) in [4.78, 5) is 2.07. The van der Waals surface area contributed by atoms with Crippen molar-refractivity contribution in [3.8, 4) is 6.07 Å². The van der Waals surface area contributed by atoms with Gasteiger partial charge in [-0.15, -0.1) is 0 Å². The number of rotatable bonds is 5. The van der Waals surface area contributed by atoms with Gasteiger partial charge in [-0.25, -0.2) is 4.39 Å². The third-order valence-electron chi connectivity index (χ3n) is 2.43. The summed E-state index contributed by atoms with van der Waals surface area (Å²) in [6, 6.07) is 6.74. The summed E-state index contributed by atoms with van der Waals surface area (Å²) in [6.07, 6.45) is 1.97. The molecule has 1 rings (SSSR count). The van der Waals surface area contributed by atoms with E-state index in [-0.39, 0.29) is 5.56 Å². The molecule has 0 N–H and O–H groups in total. The fourth-order valence-corrected chi connectivity index (χ4v) is 1.78. The zero-order chi connectivity index (χ0) is 12.0. The largest absolute Gasteiger partial charge is 0.370 e. The minimum Gasteiger partial charge on any atom is -0.370 e. The Balaban J connectivity index is 3.08. The Hall–Kier alpha value is -1.56. The average Bonchev–Trinajstić information content (AvgIpc) is 2.28. The van der Waals surface area contributed by atoms with Gasteiger partial charge in [0, 0.05) is 13.1 Å². The lowest BCUT2D eigenvalue weighted by Gasteiger charge is -2.24. The maximum Gasteiger partial charge on any atom is 0.143 e. The van der Waals surface area contributed by atoms with Crippen molar-refractivity contribution in [1.82, 2.24) is 0 Å². The molecule has 1 aromatic carbocycles. The van der Waals surface area contributed by atoms with Crippen LogP contribution in [-0.4, -0.2) is 13.1 Å². The van der Waals surface area contributed by atoms with Crippen LogP contribution in [0.25, 0.3) is 0 Å². The molecule has 0 saturated carbocycles. The molecule has 0 spiro atoms. The number of nitriles is 1. The molecule has 0 aliphatic heterocycles. The predicted molar refractivity (Wildman–Crippen MR) is 63.9 cm³/mol. The van der Waals surface area contributed by atoms with Crippen LogP contribution < -0.4 is 4.90 Å². The number of anilines is 1. The van der Waals surface area contributed by atoms with Crippen molar-refractivity contribution >= 4 is 5.69 Å². The lowest BCUT2D eigenvalue weighted by molar-refractivity contribution is 0.621. The third kappa shape index (κ3) is 2.73. The molecule has 16 heavy (non-hydrogen) atoms. The maximum absolute atomic E-state index is 13.4. The number of nitrogens with zero attached hydrogens (tertiary/aromatic N) is 2. The Bertz CT molecular complexity index is 376. The molecular weight excluding hydrogens is 203 g/mol. The summed E-state index contributed by atoms with van der Waals surface area (Å²) in [5.74, 6) is -0.433. The standard InChI is InChI=1S/C13H17FN2/c1-3-8-16(9-4-2)13-7-5-6-12(14)11(13)10-15/h5-7H,3-4,8-9H2,1-2H3. The molecule has 3 heteroatoms. The van der Waals surface area contributed by atoms with E-state index in [2.05, 4.69) is 18.7 Å². The molecule has 0 aromatic heterocycles. The minimum atomic E-state index is -0.433. The Morgan fingerprint density at radius 1 is 1.25 bits per heavy atom. The smallest absolute Gasteiger partial charge is 0.143 e. The molecule has 2 nitrogen and oxygen atoms in total. The summed E-state index contributed by atoms with van der Waals surface area (Å²) in [5, 5.41) is 8.97. The number of benzene rings is 1. The quantitative estimate of drug-likeness (QED) is 0.761. The number of hydrogen-bond acceptors (Lipinski definition) is 2. The van der Waals surface area contributed by atoms with E-state index in [9.17, 15) is 4.39 Å². The normalized spacial score (nSPS) is 9.88. The van der Waals surface area contributed by atoms with E-state index in [4.69, 9.17) is 5.26 Å². The second kappa shape index (κ2) is 6.12. The van der Waals surface area contributed by atoms with E-state index in [1.54, 1.807) is 6.07 Å². The Labute approximate surface area is 96.3 Å². The van der Waals surface area contributed by atoms with Crippen molar-refractivity contribution in [2.75, 3.05) is 18.0 Å². The van der Waals surface area contributed by atoms with E-state index in [0.29, 0.717) is 5.69 Å². The highest BCUT2D eigenvalue weighted by atomic mass is 19.1. The molecule has 0 heterocycles. The first kappa shape index (κ1) is 12.5. The Morgan fingerprint density at radius 3 is 2.38 bits per heavy atom. The van der Waals surface area contributed by atoms with Gasteiger partial charge in [0.1, 0.15) is 17.4 Å². The van der Waals surface area contributed by atoms with Crippen molar-refractivity contribution in [2.45, 2.75) is 26.7 Å². The molecule has 0 atom stereocenters. The van der Waals surface area contributed by atoms with Crippen LogP contribution in [0.15, 0.2) is 18.2 Å². The Kier molecular flexibility index (Phi) is 4.78. The average molecular weight is 220 g/mol. The molecule has 1 aromatic rings. The summed E-state index contributed by atoms with van der Waals surface area (Å²) in [7, 11) is 0. The first-order valence-corrected chi connectivity index (χ1v) is 5.68. The van der Waals surface area contributed by atoms with Crippen LogP contribution in [-0.2, 0) is 0 Å². The third-order valence-corrected chi connectivity index (χ3v) is 2.43. The van der Waals surface area contributed by atoms with Gasteiger partial charge in [-0.05, 0) is 25.0 Å². The zero-order valence-electron chi connectivity index (χ0n) is 9.83. The van der Waals surface area contributed by atoms with E-state index >= 15 is 0 Å². The predicted octanol–water partition coefficient (Wildman–Crippen LogP) is 3.32. The van der Waals surface area contributed by atoms with Crippen LogP contribution in [0.2, 0.25) is 0 Å². The van der Waals surface area contributed by atoms with Gasteiger partial charge in [0.15, 0.2) is 0 Å². The van der Waals surface area contributed by atoms with Crippen LogP contribution in [0.3, 0.4) is 0 Å². The molecule has 0 aliphatic carbocycles. The van der Waals surface area contributed by atoms with E-state index in [1.165, 1.54) is 6.07 Å². The summed E-state index contributed by atoms with van der Waals surface area (Å²) < 4.78 is 13.4. The first-order chi connectivity index (χ1) is 7.74. The fourth-order valence-electron chi connectivity index (χ4n) is 1.78. The van der Waals surface area contributed by atoms with Gasteiger partial charge in [-0.1, -0.05) is 19.9 Å². The minimum absolute atomic E-state index is 0.157. The van der Waals surface area contributed by atoms with Gasteiger partial charge < -0.3 is 4.90 Å². The van der Waals surface area contributed by atoms with Crippen LogP contribution in [0.4, 0.5) is 10.1 Å². The molecule has 86 valence electrons. The molecule has 0 fully saturated rings. The number of hydrogen-bond donors (Lipinski definition) is 0. The molecule has 0 radical (unpaired) electrons. The zero-order valence-corrected chi connectivity index (χ0v) is 9.83. The van der Waals surface area contributed by atoms with Crippen molar-refractivity contribution in [2.24, 2.45) is 0 Å². The summed E-state index contributed by atoms with van der Waals surface area (Å²) in [5.41, 5.74) is 0.871. The van der Waals surface area contributed by atoms with Crippen LogP contribution in [0.5, 0.6) is 0 Å². The monoisotopic (exact) mass is 220 g/mol. The highest BCUT2D eigenvalue weighted by Gasteiger charge is 2.13. The molecule has 0 bridgehead atoms. The van der Waals surface area contributed by atoms with Crippen molar-refractivity contribution in [3.63, 3.8) is 0 Å². The van der Waals surface area contributed by atoms with Crippen LogP contribution >= 0.6 is 0 Å². The van der Waals surface area contributed by atoms with Gasteiger partial charge in [-0.2, -0.15) is 5.26 Å². The second-order valence-electron chi connectivity index (χ2n) is 3.73. The van der Waals surface area contributed by atoms with E-state index in [0.717, 1.165) is 25.9 Å². The van der Waals surface area contributed by atoms with Crippen molar-refractivity contribution < 1.29 is 4.39 Å². The molecule has 0 saturated heterocycles. The lowest BCUT2D eigenvalue weighted by atomic mass is 10.1. The molecule has 0 aliphatic rings. The number of halogens is 1. The van der Waals surface area contributed by atoms with E-state index < -0.39 is 5.82 Å². The highest BCUT2D eigenvalue weighted by molar-refractivity contribution is 5.59. The lowest BCUT2D eigenvalue weighted by Crippen LogP contribution is -2.25. The highest BCUT2D eigenvalue weighted by Crippen LogP contribution is 2.22.